The Morgan fingerprint density at radius 1 is 1.25 bits per heavy atom. The van der Waals surface area contributed by atoms with Crippen molar-refractivity contribution in [3.05, 3.63) is 30.0 Å². The number of halogens is 1. The van der Waals surface area contributed by atoms with E-state index in [-0.39, 0.29) is 23.3 Å². The minimum absolute atomic E-state index is 0.0667. The molecule has 0 aromatic carbocycles. The zero-order valence-electron chi connectivity index (χ0n) is 15.1. The maximum absolute atomic E-state index is 13.4. The van der Waals surface area contributed by atoms with Gasteiger partial charge in [0, 0.05) is 11.8 Å². The van der Waals surface area contributed by atoms with Gasteiger partial charge in [-0.1, -0.05) is 6.07 Å². The number of amides is 2. The molecule has 2 unspecified atom stereocenters. The highest BCUT2D eigenvalue weighted by Gasteiger charge is 2.28. The molecule has 28 heavy (non-hydrogen) atoms. The van der Waals surface area contributed by atoms with Gasteiger partial charge in [0.15, 0.2) is 5.03 Å². The lowest BCUT2D eigenvalue weighted by molar-refractivity contribution is 0.0853. The van der Waals surface area contributed by atoms with E-state index in [0.29, 0.717) is 0 Å². The molecule has 2 aromatic rings. The van der Waals surface area contributed by atoms with Crippen molar-refractivity contribution in [1.29, 1.82) is 0 Å². The molecule has 152 valence electrons. The molecule has 2 aromatic heterocycles. The van der Waals surface area contributed by atoms with Crippen molar-refractivity contribution in [2.45, 2.75) is 24.2 Å². The molecule has 0 aliphatic heterocycles. The molecule has 2 atom stereocenters. The Labute approximate surface area is 160 Å². The van der Waals surface area contributed by atoms with Gasteiger partial charge >= 0.3 is 6.03 Å². The van der Waals surface area contributed by atoms with E-state index in [9.17, 15) is 22.7 Å². The number of alkyl halides is 1. The van der Waals surface area contributed by atoms with Crippen LogP contribution in [0.1, 0.15) is 18.6 Å². The number of sulfonamides is 1. The molecular weight excluding hydrogens is 397 g/mol. The van der Waals surface area contributed by atoms with Crippen LogP contribution in [-0.4, -0.2) is 54.9 Å². The fourth-order valence-corrected chi connectivity index (χ4v) is 3.16. The van der Waals surface area contributed by atoms with E-state index in [1.165, 1.54) is 32.4 Å². The third kappa shape index (κ3) is 5.01. The summed E-state index contributed by atoms with van der Waals surface area (Å²) in [6.07, 6.45) is -2.37. The second-order valence-electron chi connectivity index (χ2n) is 5.36. The van der Waals surface area contributed by atoms with Crippen LogP contribution in [0.25, 0.3) is 0 Å². The van der Waals surface area contributed by atoms with Gasteiger partial charge in [0.2, 0.25) is 17.7 Å². The fraction of sp³-hybridized carbons (Fsp3) is 0.333. The smallest absolute Gasteiger partial charge is 0.335 e. The van der Waals surface area contributed by atoms with Crippen molar-refractivity contribution in [1.82, 2.24) is 19.7 Å². The van der Waals surface area contributed by atoms with Crippen LogP contribution in [0.5, 0.6) is 11.8 Å². The van der Waals surface area contributed by atoms with Crippen LogP contribution in [0.15, 0.2) is 29.4 Å². The molecule has 0 aliphatic carbocycles. The number of aliphatic hydroxyl groups excluding tert-OH is 1. The third-order valence-corrected chi connectivity index (χ3v) is 4.66. The molecule has 0 spiro atoms. The molecule has 3 N–H and O–H groups in total. The van der Waals surface area contributed by atoms with Crippen LogP contribution in [0.3, 0.4) is 0 Å². The molecule has 11 nitrogen and oxygen atoms in total. The van der Waals surface area contributed by atoms with Crippen LogP contribution < -0.4 is 19.5 Å². The lowest BCUT2D eigenvalue weighted by Crippen LogP contribution is -2.36. The van der Waals surface area contributed by atoms with Crippen molar-refractivity contribution >= 4 is 22.0 Å². The van der Waals surface area contributed by atoms with Gasteiger partial charge in [0.1, 0.15) is 12.3 Å². The summed E-state index contributed by atoms with van der Waals surface area (Å²) in [5.41, 5.74) is -0.294. The molecule has 2 amide bonds. The zero-order valence-corrected chi connectivity index (χ0v) is 15.9. The van der Waals surface area contributed by atoms with E-state index in [0.717, 1.165) is 13.1 Å². The summed E-state index contributed by atoms with van der Waals surface area (Å²) in [7, 11) is -1.88. The van der Waals surface area contributed by atoms with Crippen LogP contribution in [0.2, 0.25) is 0 Å². The molecule has 0 bridgehead atoms. The number of aliphatic hydroxyl groups is 1. The van der Waals surface area contributed by atoms with Crippen molar-refractivity contribution in [2.24, 2.45) is 0 Å². The number of pyridine rings is 1. The predicted octanol–water partition coefficient (Wildman–Crippen LogP) is 0.791. The van der Waals surface area contributed by atoms with Crippen LogP contribution in [0, 0.1) is 0 Å². The third-order valence-electron chi connectivity index (χ3n) is 3.36. The number of methoxy groups -OCH3 is 2. The number of carbonyl (C=O) groups is 1. The van der Waals surface area contributed by atoms with E-state index in [1.807, 2.05) is 0 Å². The maximum atomic E-state index is 13.4. The largest absolute Gasteiger partial charge is 0.481 e. The number of nitrogens with zero attached hydrogens (tertiary/aromatic N) is 3. The van der Waals surface area contributed by atoms with E-state index >= 15 is 0 Å². The van der Waals surface area contributed by atoms with Gasteiger partial charge in [0.25, 0.3) is 10.0 Å². The SMILES string of the molecule is COc1cc(OC)nc(NC(=O)NS(=O)(=O)c2ncccc2C(O)C(C)F)n1. The van der Waals surface area contributed by atoms with Crippen LogP contribution >= 0.6 is 0 Å². The van der Waals surface area contributed by atoms with Crippen molar-refractivity contribution in [2.75, 3.05) is 19.5 Å². The Morgan fingerprint density at radius 2 is 1.86 bits per heavy atom. The minimum Gasteiger partial charge on any atom is -0.481 e. The average molecular weight is 415 g/mol. The zero-order chi connectivity index (χ0) is 20.9. The molecule has 2 rings (SSSR count). The number of carbonyl (C=O) groups excluding carboxylic acids is 1. The van der Waals surface area contributed by atoms with Gasteiger partial charge in [-0.3, -0.25) is 5.32 Å². The summed E-state index contributed by atoms with van der Waals surface area (Å²) >= 11 is 0. The number of urea groups is 1. The maximum Gasteiger partial charge on any atom is 0.335 e. The Kier molecular flexibility index (Phi) is 6.64. The number of aromatic nitrogens is 3. The predicted molar refractivity (Wildman–Crippen MR) is 94.2 cm³/mol. The van der Waals surface area contributed by atoms with E-state index in [2.05, 4.69) is 20.3 Å². The average Bonchev–Trinajstić information content (AvgIpc) is 2.66. The van der Waals surface area contributed by atoms with Crippen molar-refractivity contribution < 1.29 is 32.2 Å². The van der Waals surface area contributed by atoms with Crippen LogP contribution in [0.4, 0.5) is 15.1 Å². The summed E-state index contributed by atoms with van der Waals surface area (Å²) in [6, 6.07) is 2.65. The molecule has 0 saturated carbocycles. The van der Waals surface area contributed by atoms with Gasteiger partial charge < -0.3 is 14.6 Å². The summed E-state index contributed by atoms with van der Waals surface area (Å²) < 4.78 is 49.9. The van der Waals surface area contributed by atoms with Crippen molar-refractivity contribution in [3.8, 4) is 11.8 Å². The molecule has 0 saturated heterocycles. The molecule has 0 fully saturated rings. The Balaban J connectivity index is 2.25. The highest BCUT2D eigenvalue weighted by Crippen LogP contribution is 2.24. The Morgan fingerprint density at radius 3 is 2.39 bits per heavy atom. The summed E-state index contributed by atoms with van der Waals surface area (Å²) in [5, 5.41) is 11.3. The standard InChI is InChI=1S/C15H18FN5O6S/c1-8(16)12(22)9-5-4-6-17-13(9)28(24,25)21-15(23)20-14-18-10(26-2)7-11(19-14)27-3/h4-8,12,22H,1-3H3,(H2,18,19,20,21,23). The topological polar surface area (TPSA) is 153 Å². The highest BCUT2D eigenvalue weighted by atomic mass is 32.2. The number of anilines is 1. The second kappa shape index (κ2) is 8.75. The van der Waals surface area contributed by atoms with Crippen molar-refractivity contribution in [3.63, 3.8) is 0 Å². The fourth-order valence-electron chi connectivity index (χ4n) is 2.07. The number of hydrogen-bond acceptors (Lipinski definition) is 9. The van der Waals surface area contributed by atoms with Gasteiger partial charge in [-0.15, -0.1) is 0 Å². The summed E-state index contributed by atoms with van der Waals surface area (Å²) in [4.78, 5) is 23.4. The molecule has 0 radical (unpaired) electrons. The Hall–Kier alpha value is -3.06. The normalized spacial score (nSPS) is 13.3. The first-order valence-corrected chi connectivity index (χ1v) is 9.24. The second-order valence-corrected chi connectivity index (χ2v) is 6.95. The van der Waals surface area contributed by atoms with E-state index in [4.69, 9.17) is 9.47 Å². The summed E-state index contributed by atoms with van der Waals surface area (Å²) in [6.45, 7) is 1.06. The first kappa shape index (κ1) is 21.2. The number of nitrogens with one attached hydrogen (secondary N) is 2. The monoisotopic (exact) mass is 415 g/mol. The van der Waals surface area contributed by atoms with E-state index < -0.39 is 33.4 Å². The lowest BCUT2D eigenvalue weighted by Gasteiger charge is -2.16. The Bertz CT molecular complexity index is 933. The first-order valence-electron chi connectivity index (χ1n) is 7.76. The molecule has 2 heterocycles. The minimum atomic E-state index is -4.54. The highest BCUT2D eigenvalue weighted by molar-refractivity contribution is 7.90. The van der Waals surface area contributed by atoms with Gasteiger partial charge in [-0.25, -0.2) is 18.9 Å². The lowest BCUT2D eigenvalue weighted by atomic mass is 10.1. The van der Waals surface area contributed by atoms with Gasteiger partial charge in [0.05, 0.1) is 20.3 Å². The first-order chi connectivity index (χ1) is 13.2. The number of rotatable bonds is 7. The van der Waals surface area contributed by atoms with Crippen LogP contribution in [-0.2, 0) is 10.0 Å². The van der Waals surface area contributed by atoms with Gasteiger partial charge in [-0.2, -0.15) is 18.4 Å². The number of hydrogen-bond donors (Lipinski definition) is 3. The van der Waals surface area contributed by atoms with Gasteiger partial charge in [-0.05, 0) is 13.0 Å². The molecular formula is C15H18FN5O6S. The van der Waals surface area contributed by atoms with E-state index in [1.54, 1.807) is 4.72 Å². The molecule has 0 aliphatic rings. The summed E-state index contributed by atoms with van der Waals surface area (Å²) in [5.74, 6) is -0.156. The number of ether oxygens (including phenoxy) is 2. The molecule has 13 heteroatoms. The quantitative estimate of drug-likeness (QED) is 0.596.